The highest BCUT2D eigenvalue weighted by Crippen LogP contribution is 2.09. The molecule has 1 aromatic carbocycles. The maximum atomic E-state index is 12.0. The van der Waals surface area contributed by atoms with Crippen molar-refractivity contribution in [3.63, 3.8) is 0 Å². The molecule has 0 radical (unpaired) electrons. The third-order valence-electron chi connectivity index (χ3n) is 3.21. The highest BCUT2D eigenvalue weighted by atomic mass is 19.3. The van der Waals surface area contributed by atoms with Crippen LogP contribution in [0.25, 0.3) is 0 Å². The van der Waals surface area contributed by atoms with Crippen molar-refractivity contribution in [3.05, 3.63) is 35.4 Å². The van der Waals surface area contributed by atoms with Crippen LogP contribution in [-0.2, 0) is 27.2 Å². The van der Waals surface area contributed by atoms with Crippen LogP contribution in [0.4, 0.5) is 22.4 Å². The SMILES string of the molecule is O=C(CCc1cccc(CNC(=O)OCCC(F)F)c1)OCCC(F)F. The van der Waals surface area contributed by atoms with Crippen molar-refractivity contribution < 1.29 is 36.6 Å². The molecule has 1 amide bonds. The first-order chi connectivity index (χ1) is 12.4. The third-order valence-corrected chi connectivity index (χ3v) is 3.21. The maximum absolute atomic E-state index is 12.0. The van der Waals surface area contributed by atoms with Crippen LogP contribution in [0.1, 0.15) is 30.4 Å². The first-order valence-electron chi connectivity index (χ1n) is 8.07. The Hall–Kier alpha value is -2.32. The molecule has 0 saturated carbocycles. The second-order valence-electron chi connectivity index (χ2n) is 5.39. The minimum absolute atomic E-state index is 0.0514. The standard InChI is InChI=1S/C17H21F4NO4/c18-14(19)6-8-25-16(23)5-4-12-2-1-3-13(10-12)11-22-17(24)26-9-7-15(20)21/h1-3,10,14-15H,4-9,11H2,(H,22,24). The molecule has 146 valence electrons. The Labute approximate surface area is 148 Å². The van der Waals surface area contributed by atoms with Crippen molar-refractivity contribution in [2.45, 2.75) is 45.1 Å². The number of nitrogens with one attached hydrogen (secondary N) is 1. The number of aryl methyl sites for hydroxylation is 1. The van der Waals surface area contributed by atoms with E-state index < -0.39 is 37.8 Å². The van der Waals surface area contributed by atoms with Crippen LogP contribution in [-0.4, -0.2) is 38.1 Å². The van der Waals surface area contributed by atoms with E-state index in [4.69, 9.17) is 4.74 Å². The molecule has 0 atom stereocenters. The van der Waals surface area contributed by atoms with E-state index in [-0.39, 0.29) is 26.2 Å². The number of ether oxygens (including phenoxy) is 2. The maximum Gasteiger partial charge on any atom is 0.407 e. The second kappa shape index (κ2) is 12.1. The lowest BCUT2D eigenvalue weighted by atomic mass is 10.1. The van der Waals surface area contributed by atoms with E-state index in [2.05, 4.69) is 10.1 Å². The third kappa shape index (κ3) is 10.5. The van der Waals surface area contributed by atoms with Gasteiger partial charge < -0.3 is 14.8 Å². The lowest BCUT2D eigenvalue weighted by Crippen LogP contribution is -2.24. The molecule has 9 heteroatoms. The molecule has 26 heavy (non-hydrogen) atoms. The van der Waals surface area contributed by atoms with Gasteiger partial charge in [-0.15, -0.1) is 0 Å². The van der Waals surface area contributed by atoms with Gasteiger partial charge >= 0.3 is 12.1 Å². The van der Waals surface area contributed by atoms with Gasteiger partial charge in [-0.3, -0.25) is 4.79 Å². The zero-order chi connectivity index (χ0) is 19.4. The monoisotopic (exact) mass is 379 g/mol. The molecule has 0 heterocycles. The molecule has 0 spiro atoms. The highest BCUT2D eigenvalue weighted by molar-refractivity contribution is 5.69. The fourth-order valence-corrected chi connectivity index (χ4v) is 1.94. The van der Waals surface area contributed by atoms with Crippen molar-refractivity contribution in [1.82, 2.24) is 5.32 Å². The topological polar surface area (TPSA) is 64.6 Å². The minimum atomic E-state index is -2.53. The number of amides is 1. The predicted molar refractivity (Wildman–Crippen MR) is 85.2 cm³/mol. The van der Waals surface area contributed by atoms with Crippen LogP contribution in [0, 0.1) is 0 Å². The lowest BCUT2D eigenvalue weighted by molar-refractivity contribution is -0.144. The summed E-state index contributed by atoms with van der Waals surface area (Å²) in [6.45, 7) is -0.536. The molecule has 0 aromatic heterocycles. The number of benzene rings is 1. The molecule has 1 rings (SSSR count). The van der Waals surface area contributed by atoms with Crippen molar-refractivity contribution in [3.8, 4) is 0 Å². The number of esters is 1. The van der Waals surface area contributed by atoms with Gasteiger partial charge in [-0.25, -0.2) is 22.4 Å². The summed E-state index contributed by atoms with van der Waals surface area (Å²) in [6.07, 6.45) is -6.42. The Bertz CT molecular complexity index is 524. The van der Waals surface area contributed by atoms with Gasteiger partial charge in [0.05, 0.1) is 13.2 Å². The van der Waals surface area contributed by atoms with Crippen LogP contribution in [0.2, 0.25) is 0 Å². The van der Waals surface area contributed by atoms with Crippen LogP contribution in [0.5, 0.6) is 0 Å². The summed E-state index contributed by atoms with van der Waals surface area (Å²) in [5.41, 5.74) is 1.54. The molecule has 0 unspecified atom stereocenters. The molecule has 1 aromatic rings. The average Bonchev–Trinajstić information content (AvgIpc) is 2.58. The number of rotatable bonds is 11. The lowest BCUT2D eigenvalue weighted by Gasteiger charge is -2.08. The van der Waals surface area contributed by atoms with Gasteiger partial charge in [0.15, 0.2) is 0 Å². The van der Waals surface area contributed by atoms with Crippen LogP contribution >= 0.6 is 0 Å². The molecule has 0 fully saturated rings. The summed E-state index contributed by atoms with van der Waals surface area (Å²) in [7, 11) is 0. The van der Waals surface area contributed by atoms with Gasteiger partial charge in [-0.1, -0.05) is 24.3 Å². The smallest absolute Gasteiger partial charge is 0.407 e. The number of hydrogen-bond acceptors (Lipinski definition) is 4. The van der Waals surface area contributed by atoms with Crippen molar-refractivity contribution in [1.29, 1.82) is 0 Å². The van der Waals surface area contributed by atoms with Crippen molar-refractivity contribution >= 4 is 12.1 Å². The molecular weight excluding hydrogens is 358 g/mol. The molecule has 0 aliphatic heterocycles. The van der Waals surface area contributed by atoms with E-state index in [0.717, 1.165) is 11.1 Å². The fourth-order valence-electron chi connectivity index (χ4n) is 1.94. The first-order valence-corrected chi connectivity index (χ1v) is 8.07. The molecule has 0 bridgehead atoms. The summed E-state index contributed by atoms with van der Waals surface area (Å²) in [4.78, 5) is 22.8. The molecule has 0 aliphatic carbocycles. The van der Waals surface area contributed by atoms with Crippen LogP contribution in [0.15, 0.2) is 24.3 Å². The Morgan fingerprint density at radius 3 is 2.23 bits per heavy atom. The summed E-state index contributed by atoms with van der Waals surface area (Å²) >= 11 is 0. The number of carbonyl (C=O) groups excluding carboxylic acids is 2. The summed E-state index contributed by atoms with van der Waals surface area (Å²) in [5.74, 6) is -0.559. The first kappa shape index (κ1) is 21.7. The van der Waals surface area contributed by atoms with Gasteiger partial charge in [0, 0.05) is 25.8 Å². The zero-order valence-electron chi connectivity index (χ0n) is 14.1. The van der Waals surface area contributed by atoms with E-state index in [1.165, 1.54) is 0 Å². The Morgan fingerprint density at radius 1 is 0.962 bits per heavy atom. The number of alkyl halides is 4. The number of halogens is 4. The summed E-state index contributed by atoms with van der Waals surface area (Å²) in [6, 6.07) is 7.00. The zero-order valence-corrected chi connectivity index (χ0v) is 14.1. The van der Waals surface area contributed by atoms with E-state index in [9.17, 15) is 27.2 Å². The van der Waals surface area contributed by atoms with Crippen LogP contribution in [0.3, 0.4) is 0 Å². The molecule has 0 aliphatic rings. The van der Waals surface area contributed by atoms with Gasteiger partial charge in [0.25, 0.3) is 0 Å². The van der Waals surface area contributed by atoms with Gasteiger partial charge in [-0.05, 0) is 17.5 Å². The summed E-state index contributed by atoms with van der Waals surface area (Å²) < 4.78 is 57.1. The average molecular weight is 379 g/mol. The largest absolute Gasteiger partial charge is 0.465 e. The van der Waals surface area contributed by atoms with Crippen molar-refractivity contribution in [2.24, 2.45) is 0 Å². The Balaban J connectivity index is 2.31. The van der Waals surface area contributed by atoms with E-state index >= 15 is 0 Å². The molecular formula is C17H21F4NO4. The summed E-state index contributed by atoms with van der Waals surface area (Å²) in [5, 5.41) is 2.43. The van der Waals surface area contributed by atoms with Gasteiger partial charge in [0.1, 0.15) is 0 Å². The van der Waals surface area contributed by atoms with Gasteiger partial charge in [0.2, 0.25) is 12.9 Å². The Kier molecular flexibility index (Phi) is 10.1. The Morgan fingerprint density at radius 2 is 1.58 bits per heavy atom. The van der Waals surface area contributed by atoms with E-state index in [1.807, 2.05) is 0 Å². The van der Waals surface area contributed by atoms with E-state index in [1.54, 1.807) is 24.3 Å². The fraction of sp³-hybridized carbons (Fsp3) is 0.529. The molecule has 5 nitrogen and oxygen atoms in total. The number of alkyl carbamates (subject to hydrolysis) is 1. The number of carbonyl (C=O) groups is 2. The second-order valence-corrected chi connectivity index (χ2v) is 5.39. The molecule has 0 saturated heterocycles. The molecule has 1 N–H and O–H groups in total. The van der Waals surface area contributed by atoms with E-state index in [0.29, 0.717) is 6.42 Å². The van der Waals surface area contributed by atoms with Crippen molar-refractivity contribution in [2.75, 3.05) is 13.2 Å². The van der Waals surface area contributed by atoms with Gasteiger partial charge in [-0.2, -0.15) is 0 Å². The normalized spacial score (nSPS) is 10.8. The highest BCUT2D eigenvalue weighted by Gasteiger charge is 2.09. The minimum Gasteiger partial charge on any atom is -0.465 e. The quantitative estimate of drug-likeness (QED) is 0.470. The predicted octanol–water partition coefficient (Wildman–Crippen LogP) is 3.70. The van der Waals surface area contributed by atoms with Crippen LogP contribution < -0.4 is 5.32 Å². The number of hydrogen-bond donors (Lipinski definition) is 1.